The average molecular weight is 357 g/mol. The molecule has 132 valence electrons. The molecule has 5 heteroatoms. The van der Waals surface area contributed by atoms with E-state index in [0.29, 0.717) is 23.6 Å². The highest BCUT2D eigenvalue weighted by Crippen LogP contribution is 2.19. The molecule has 1 N–H and O–H groups in total. The fraction of sp³-hybridized carbons (Fsp3) is 0.300. The smallest absolute Gasteiger partial charge is 0.338 e. The van der Waals surface area contributed by atoms with Gasteiger partial charge in [-0.05, 0) is 44.0 Å². The Morgan fingerprint density at radius 3 is 2.48 bits per heavy atom. The van der Waals surface area contributed by atoms with Crippen LogP contribution < -0.4 is 5.32 Å². The van der Waals surface area contributed by atoms with Crippen molar-refractivity contribution in [3.8, 4) is 0 Å². The molecule has 0 aliphatic rings. The predicted molar refractivity (Wildman–Crippen MR) is 103 cm³/mol. The number of carbonyl (C=O) groups is 2. The number of carbonyl (C=O) groups excluding carboxylic acids is 2. The van der Waals surface area contributed by atoms with E-state index in [1.54, 1.807) is 36.9 Å². The molecule has 4 nitrogen and oxygen atoms in total. The van der Waals surface area contributed by atoms with Gasteiger partial charge in [0.25, 0.3) is 0 Å². The Labute approximate surface area is 153 Å². The summed E-state index contributed by atoms with van der Waals surface area (Å²) in [7, 11) is 0. The number of rotatable bonds is 7. The quantitative estimate of drug-likeness (QED) is 0.749. The minimum Gasteiger partial charge on any atom is -0.462 e. The first-order chi connectivity index (χ1) is 12.0. The highest BCUT2D eigenvalue weighted by Gasteiger charge is 2.11. The van der Waals surface area contributed by atoms with Crippen LogP contribution >= 0.6 is 11.8 Å². The largest absolute Gasteiger partial charge is 0.462 e. The van der Waals surface area contributed by atoms with E-state index >= 15 is 0 Å². The third-order valence-corrected chi connectivity index (χ3v) is 4.65. The SMILES string of the molecule is CCOC(=O)c1ccc(C)c(NC(=O)CSCc2ccc(C)cc2)c1. The molecule has 2 aromatic rings. The molecule has 0 bridgehead atoms. The van der Waals surface area contributed by atoms with Crippen molar-refractivity contribution in [2.24, 2.45) is 0 Å². The van der Waals surface area contributed by atoms with Gasteiger partial charge in [0.2, 0.25) is 5.91 Å². The van der Waals surface area contributed by atoms with Gasteiger partial charge in [0, 0.05) is 11.4 Å². The van der Waals surface area contributed by atoms with Crippen LogP contribution in [-0.4, -0.2) is 24.2 Å². The van der Waals surface area contributed by atoms with Crippen molar-refractivity contribution in [2.75, 3.05) is 17.7 Å². The van der Waals surface area contributed by atoms with Gasteiger partial charge in [-0.25, -0.2) is 4.79 Å². The zero-order valence-electron chi connectivity index (χ0n) is 14.8. The number of esters is 1. The number of hydrogen-bond acceptors (Lipinski definition) is 4. The maximum atomic E-state index is 12.2. The van der Waals surface area contributed by atoms with Crippen LogP contribution in [0.1, 0.15) is 34.0 Å². The number of nitrogens with one attached hydrogen (secondary N) is 1. The molecule has 0 unspecified atom stereocenters. The molecule has 2 rings (SSSR count). The fourth-order valence-electron chi connectivity index (χ4n) is 2.23. The van der Waals surface area contributed by atoms with E-state index in [9.17, 15) is 9.59 Å². The van der Waals surface area contributed by atoms with E-state index in [1.165, 1.54) is 11.1 Å². The minimum atomic E-state index is -0.383. The Morgan fingerprint density at radius 2 is 1.80 bits per heavy atom. The van der Waals surface area contributed by atoms with Crippen LogP contribution in [0, 0.1) is 13.8 Å². The van der Waals surface area contributed by atoms with Gasteiger partial charge in [-0.3, -0.25) is 4.79 Å². The Hall–Kier alpha value is -2.27. The van der Waals surface area contributed by atoms with Crippen LogP contribution in [0.4, 0.5) is 5.69 Å². The summed E-state index contributed by atoms with van der Waals surface area (Å²) in [5.41, 5.74) is 4.42. The molecule has 1 amide bonds. The van der Waals surface area contributed by atoms with Crippen molar-refractivity contribution in [2.45, 2.75) is 26.5 Å². The van der Waals surface area contributed by atoms with Crippen LogP contribution in [-0.2, 0) is 15.3 Å². The van der Waals surface area contributed by atoms with E-state index in [4.69, 9.17) is 4.74 Å². The summed E-state index contributed by atoms with van der Waals surface area (Å²) in [4.78, 5) is 24.0. The van der Waals surface area contributed by atoms with Crippen molar-refractivity contribution in [3.63, 3.8) is 0 Å². The first kappa shape index (κ1) is 19.1. The summed E-state index contributed by atoms with van der Waals surface area (Å²) in [5, 5.41) is 2.88. The molecule has 0 radical (unpaired) electrons. The second kappa shape index (κ2) is 9.28. The number of benzene rings is 2. The van der Waals surface area contributed by atoms with Crippen LogP contribution in [0.15, 0.2) is 42.5 Å². The molecule has 0 aliphatic heterocycles. The summed E-state index contributed by atoms with van der Waals surface area (Å²) < 4.78 is 4.99. The van der Waals surface area contributed by atoms with E-state index in [1.807, 2.05) is 6.92 Å². The van der Waals surface area contributed by atoms with Crippen molar-refractivity contribution < 1.29 is 14.3 Å². The average Bonchev–Trinajstić information content (AvgIpc) is 2.59. The molecule has 0 heterocycles. The lowest BCUT2D eigenvalue weighted by atomic mass is 10.1. The van der Waals surface area contributed by atoms with Gasteiger partial charge in [0.15, 0.2) is 0 Å². The third-order valence-electron chi connectivity index (χ3n) is 3.65. The van der Waals surface area contributed by atoms with Crippen molar-refractivity contribution >= 4 is 29.3 Å². The Balaban J connectivity index is 1.90. The lowest BCUT2D eigenvalue weighted by Crippen LogP contribution is -2.16. The topological polar surface area (TPSA) is 55.4 Å². The fourth-order valence-corrected chi connectivity index (χ4v) is 3.02. The Morgan fingerprint density at radius 1 is 1.08 bits per heavy atom. The number of anilines is 1. The Bertz CT molecular complexity index is 741. The Kier molecular flexibility index (Phi) is 7.07. The van der Waals surface area contributed by atoms with E-state index < -0.39 is 0 Å². The van der Waals surface area contributed by atoms with Crippen molar-refractivity contribution in [1.29, 1.82) is 0 Å². The molecule has 0 atom stereocenters. The molecule has 0 aromatic heterocycles. The highest BCUT2D eigenvalue weighted by molar-refractivity contribution is 7.99. The minimum absolute atomic E-state index is 0.0822. The second-order valence-corrected chi connectivity index (χ2v) is 6.76. The van der Waals surface area contributed by atoms with Gasteiger partial charge in [-0.2, -0.15) is 0 Å². The number of hydrogen-bond donors (Lipinski definition) is 1. The number of aryl methyl sites for hydroxylation is 2. The maximum absolute atomic E-state index is 12.2. The van der Waals surface area contributed by atoms with Crippen LogP contribution in [0.5, 0.6) is 0 Å². The molecule has 0 spiro atoms. The molecular weight excluding hydrogens is 334 g/mol. The molecular formula is C20H23NO3S. The monoisotopic (exact) mass is 357 g/mol. The van der Waals surface area contributed by atoms with Gasteiger partial charge in [-0.1, -0.05) is 35.9 Å². The highest BCUT2D eigenvalue weighted by atomic mass is 32.2. The summed E-state index contributed by atoms with van der Waals surface area (Å²) in [5.74, 6) is 0.680. The van der Waals surface area contributed by atoms with Crippen molar-refractivity contribution in [1.82, 2.24) is 0 Å². The van der Waals surface area contributed by atoms with Crippen LogP contribution in [0.2, 0.25) is 0 Å². The summed E-state index contributed by atoms with van der Waals surface area (Å²) in [6.45, 7) is 6.03. The summed E-state index contributed by atoms with van der Waals surface area (Å²) in [6, 6.07) is 13.5. The zero-order valence-corrected chi connectivity index (χ0v) is 15.6. The van der Waals surface area contributed by atoms with Gasteiger partial charge in [0.1, 0.15) is 0 Å². The number of amides is 1. The lowest BCUT2D eigenvalue weighted by molar-refractivity contribution is -0.113. The predicted octanol–water partition coefficient (Wildman–Crippen LogP) is 4.35. The van der Waals surface area contributed by atoms with Gasteiger partial charge in [0.05, 0.1) is 17.9 Å². The van der Waals surface area contributed by atoms with Crippen molar-refractivity contribution in [3.05, 3.63) is 64.7 Å². The van der Waals surface area contributed by atoms with E-state index in [2.05, 4.69) is 36.5 Å². The summed E-state index contributed by atoms with van der Waals surface area (Å²) >= 11 is 1.56. The number of thioether (sulfide) groups is 1. The molecule has 0 saturated carbocycles. The molecule has 0 fully saturated rings. The van der Waals surface area contributed by atoms with Gasteiger partial charge < -0.3 is 10.1 Å². The van der Waals surface area contributed by atoms with Gasteiger partial charge in [-0.15, -0.1) is 11.8 Å². The summed E-state index contributed by atoms with van der Waals surface area (Å²) in [6.07, 6.45) is 0. The third kappa shape index (κ3) is 5.94. The second-order valence-electron chi connectivity index (χ2n) is 5.78. The standard InChI is InChI=1S/C20H23NO3S/c1-4-24-20(23)17-10-7-15(3)18(11-17)21-19(22)13-25-12-16-8-5-14(2)6-9-16/h5-11H,4,12-13H2,1-3H3,(H,21,22). The van der Waals surface area contributed by atoms with Crippen LogP contribution in [0.25, 0.3) is 0 Å². The van der Waals surface area contributed by atoms with E-state index in [-0.39, 0.29) is 11.9 Å². The molecule has 0 aliphatic carbocycles. The lowest BCUT2D eigenvalue weighted by Gasteiger charge is -2.10. The zero-order chi connectivity index (χ0) is 18.2. The normalized spacial score (nSPS) is 10.4. The number of ether oxygens (including phenoxy) is 1. The molecule has 25 heavy (non-hydrogen) atoms. The molecule has 0 saturated heterocycles. The van der Waals surface area contributed by atoms with Crippen LogP contribution in [0.3, 0.4) is 0 Å². The first-order valence-corrected chi connectivity index (χ1v) is 9.36. The molecule has 2 aromatic carbocycles. The van der Waals surface area contributed by atoms with E-state index in [0.717, 1.165) is 11.3 Å². The first-order valence-electron chi connectivity index (χ1n) is 8.20. The van der Waals surface area contributed by atoms with Gasteiger partial charge >= 0.3 is 5.97 Å². The maximum Gasteiger partial charge on any atom is 0.338 e.